The highest BCUT2D eigenvalue weighted by molar-refractivity contribution is 8.15. The summed E-state index contributed by atoms with van der Waals surface area (Å²) in [6, 6.07) is 0. The maximum Gasteiger partial charge on any atom is 0.167 e. The summed E-state index contributed by atoms with van der Waals surface area (Å²) in [6.07, 6.45) is 4.03. The van der Waals surface area contributed by atoms with Crippen LogP contribution in [0.3, 0.4) is 0 Å². The average Bonchev–Trinajstić information content (AvgIpc) is 2.18. The molecule has 0 radical (unpaired) electrons. The van der Waals surface area contributed by atoms with Crippen LogP contribution in [0.15, 0.2) is 0 Å². The van der Waals surface area contributed by atoms with Crippen molar-refractivity contribution in [2.75, 3.05) is 12.5 Å². The van der Waals surface area contributed by atoms with Gasteiger partial charge in [-0.25, -0.2) is 15.0 Å². The van der Waals surface area contributed by atoms with Crippen molar-refractivity contribution < 1.29 is 0 Å². The molecule has 7 heteroatoms. The van der Waals surface area contributed by atoms with Crippen LogP contribution in [0.4, 0.5) is 0 Å². The Morgan fingerprint density at radius 1 is 1.00 bits per heavy atom. The Kier molecular flexibility index (Phi) is 5.46. The topological polar surface area (TPSA) is 38.7 Å². The number of hydrogen-bond acceptors (Lipinski definition) is 5. The van der Waals surface area contributed by atoms with Gasteiger partial charge in [-0.15, -0.1) is 23.5 Å². The molecule has 0 aliphatic rings. The first-order chi connectivity index (χ1) is 7.08. The molecule has 0 amide bonds. The van der Waals surface area contributed by atoms with Crippen LogP contribution >= 0.6 is 46.7 Å². The Hall–Kier alpha value is 0.290. The minimum Gasteiger partial charge on any atom is -0.216 e. The van der Waals surface area contributed by atoms with Crippen LogP contribution in [0, 0.1) is 6.92 Å². The molecule has 0 aliphatic carbocycles. The molecule has 0 saturated carbocycles. The van der Waals surface area contributed by atoms with Crippen molar-refractivity contribution in [1.29, 1.82) is 0 Å². The lowest BCUT2D eigenvalue weighted by atomic mass is 10.5. The van der Waals surface area contributed by atoms with Crippen LogP contribution in [-0.2, 0) is 0 Å². The zero-order chi connectivity index (χ0) is 11.4. The van der Waals surface area contributed by atoms with Crippen LogP contribution in [-0.4, -0.2) is 27.5 Å². The summed E-state index contributed by atoms with van der Waals surface area (Å²) >= 11 is 14.8. The molecule has 0 aromatic carbocycles. The highest BCUT2D eigenvalue weighted by Gasteiger charge is 2.16. The second-order valence-electron chi connectivity index (χ2n) is 2.70. The van der Waals surface area contributed by atoms with E-state index in [2.05, 4.69) is 15.0 Å². The molecule has 0 N–H and O–H groups in total. The lowest BCUT2D eigenvalue weighted by Gasteiger charge is -2.11. The van der Waals surface area contributed by atoms with Gasteiger partial charge in [0.1, 0.15) is 10.4 Å². The molecule has 1 aromatic rings. The van der Waals surface area contributed by atoms with Gasteiger partial charge >= 0.3 is 0 Å². The van der Waals surface area contributed by atoms with Gasteiger partial charge in [0.05, 0.1) is 0 Å². The maximum atomic E-state index is 5.74. The summed E-state index contributed by atoms with van der Waals surface area (Å²) in [5.41, 5.74) is 0. The van der Waals surface area contributed by atoms with Gasteiger partial charge in [-0.2, -0.15) is 0 Å². The van der Waals surface area contributed by atoms with Crippen molar-refractivity contribution in [3.8, 4) is 0 Å². The van der Waals surface area contributed by atoms with Crippen LogP contribution < -0.4 is 0 Å². The van der Waals surface area contributed by atoms with Gasteiger partial charge in [-0.05, 0) is 19.4 Å². The largest absolute Gasteiger partial charge is 0.216 e. The summed E-state index contributed by atoms with van der Waals surface area (Å²) in [5.74, 6) is 1.80. The van der Waals surface area contributed by atoms with E-state index in [0.717, 1.165) is 5.82 Å². The molecule has 3 nitrogen and oxygen atoms in total. The molecule has 1 heterocycles. The standard InChI is InChI=1S/C8H11Cl2N3S2/c1-4-11-6(5(9)10)13-7(12-4)8(14-2)15-3/h5,8H,1-3H3. The van der Waals surface area contributed by atoms with E-state index in [4.69, 9.17) is 23.2 Å². The zero-order valence-electron chi connectivity index (χ0n) is 8.57. The summed E-state index contributed by atoms with van der Waals surface area (Å²) in [5, 5.41) is 0. The van der Waals surface area contributed by atoms with E-state index in [0.29, 0.717) is 11.6 Å². The minimum absolute atomic E-state index is 0.192. The second-order valence-corrected chi connectivity index (χ2v) is 5.98. The minimum atomic E-state index is -0.699. The first-order valence-electron chi connectivity index (χ1n) is 4.14. The van der Waals surface area contributed by atoms with Gasteiger partial charge in [0.15, 0.2) is 16.5 Å². The van der Waals surface area contributed by atoms with E-state index < -0.39 is 4.84 Å². The number of aryl methyl sites for hydroxylation is 1. The smallest absolute Gasteiger partial charge is 0.167 e. The predicted octanol–water partition coefficient (Wildman–Crippen LogP) is 3.38. The molecular weight excluding hydrogens is 273 g/mol. The Morgan fingerprint density at radius 2 is 1.53 bits per heavy atom. The van der Waals surface area contributed by atoms with Crippen molar-refractivity contribution in [1.82, 2.24) is 15.0 Å². The number of hydrogen-bond donors (Lipinski definition) is 0. The Bertz CT molecular complexity index is 332. The third kappa shape index (κ3) is 3.66. The highest BCUT2D eigenvalue weighted by Crippen LogP contribution is 2.34. The van der Waals surface area contributed by atoms with Gasteiger partial charge in [0.25, 0.3) is 0 Å². The fourth-order valence-corrected chi connectivity index (χ4v) is 2.63. The number of nitrogens with zero attached hydrogens (tertiary/aromatic N) is 3. The molecule has 0 saturated heterocycles. The average molecular weight is 284 g/mol. The van der Waals surface area contributed by atoms with Crippen molar-refractivity contribution >= 4 is 46.7 Å². The van der Waals surface area contributed by atoms with Crippen LogP contribution in [0.2, 0.25) is 0 Å². The Balaban J connectivity index is 3.07. The molecule has 0 spiro atoms. The molecule has 1 aromatic heterocycles. The third-order valence-electron chi connectivity index (χ3n) is 1.62. The van der Waals surface area contributed by atoms with Crippen LogP contribution in [0.25, 0.3) is 0 Å². The molecule has 0 atom stereocenters. The van der Waals surface area contributed by atoms with Gasteiger partial charge in [-0.3, -0.25) is 0 Å². The monoisotopic (exact) mass is 283 g/mol. The fourth-order valence-electron chi connectivity index (χ4n) is 1.03. The van der Waals surface area contributed by atoms with Crippen LogP contribution in [0.5, 0.6) is 0 Å². The zero-order valence-corrected chi connectivity index (χ0v) is 11.7. The van der Waals surface area contributed by atoms with E-state index >= 15 is 0 Å². The molecule has 84 valence electrons. The first kappa shape index (κ1) is 13.4. The number of aromatic nitrogens is 3. The van der Waals surface area contributed by atoms with Gasteiger partial charge in [0, 0.05) is 0 Å². The van der Waals surface area contributed by atoms with Crippen molar-refractivity contribution in [3.05, 3.63) is 17.5 Å². The SMILES string of the molecule is CSC(SC)c1nc(C)nc(C(Cl)Cl)n1. The van der Waals surface area contributed by atoms with Gasteiger partial charge in [0.2, 0.25) is 0 Å². The number of rotatable bonds is 4. The molecule has 0 unspecified atom stereocenters. The highest BCUT2D eigenvalue weighted by atomic mass is 35.5. The number of alkyl halides is 2. The van der Waals surface area contributed by atoms with Gasteiger partial charge in [-0.1, -0.05) is 23.2 Å². The Morgan fingerprint density at radius 3 is 2.00 bits per heavy atom. The molecule has 1 rings (SSSR count). The summed E-state index contributed by atoms with van der Waals surface area (Å²) < 4.78 is 0.192. The van der Waals surface area contributed by atoms with Gasteiger partial charge < -0.3 is 0 Å². The second kappa shape index (κ2) is 6.13. The van der Waals surface area contributed by atoms with E-state index in [1.54, 1.807) is 23.5 Å². The summed E-state index contributed by atoms with van der Waals surface area (Å²) in [7, 11) is 0. The first-order valence-corrected chi connectivity index (χ1v) is 7.59. The van der Waals surface area contributed by atoms with E-state index in [1.807, 2.05) is 19.4 Å². The molecular formula is C8H11Cl2N3S2. The van der Waals surface area contributed by atoms with Crippen molar-refractivity contribution in [2.24, 2.45) is 0 Å². The normalized spacial score (nSPS) is 11.4. The van der Waals surface area contributed by atoms with E-state index in [9.17, 15) is 0 Å². The summed E-state index contributed by atoms with van der Waals surface area (Å²) in [4.78, 5) is 11.9. The lowest BCUT2D eigenvalue weighted by Crippen LogP contribution is -2.06. The van der Waals surface area contributed by atoms with E-state index in [-0.39, 0.29) is 4.58 Å². The van der Waals surface area contributed by atoms with Crippen molar-refractivity contribution in [3.63, 3.8) is 0 Å². The number of halogens is 2. The third-order valence-corrected chi connectivity index (χ3v) is 4.44. The van der Waals surface area contributed by atoms with Crippen LogP contribution in [0.1, 0.15) is 26.9 Å². The molecule has 0 fully saturated rings. The quantitative estimate of drug-likeness (QED) is 0.626. The van der Waals surface area contributed by atoms with Crippen molar-refractivity contribution in [2.45, 2.75) is 16.3 Å². The molecule has 15 heavy (non-hydrogen) atoms. The Labute approximate surface area is 108 Å². The molecule has 0 bridgehead atoms. The predicted molar refractivity (Wildman–Crippen MR) is 68.8 cm³/mol. The molecule has 0 aliphatic heterocycles. The fraction of sp³-hybridized carbons (Fsp3) is 0.625. The maximum absolute atomic E-state index is 5.74. The van der Waals surface area contributed by atoms with E-state index in [1.165, 1.54) is 0 Å². The number of thioether (sulfide) groups is 2. The lowest BCUT2D eigenvalue weighted by molar-refractivity contribution is 0.849. The summed E-state index contributed by atoms with van der Waals surface area (Å²) in [6.45, 7) is 1.81.